The monoisotopic (exact) mass is 446 g/mol. The first-order valence-corrected chi connectivity index (χ1v) is 9.65. The van der Waals surface area contributed by atoms with E-state index in [2.05, 4.69) is 10.6 Å². The molecule has 32 heavy (non-hydrogen) atoms. The maximum Gasteiger partial charge on any atom is 0.412 e. The first-order chi connectivity index (χ1) is 15.1. The van der Waals surface area contributed by atoms with Crippen molar-refractivity contribution in [1.29, 1.82) is 0 Å². The minimum absolute atomic E-state index is 0.0791. The van der Waals surface area contributed by atoms with Gasteiger partial charge in [0, 0.05) is 6.08 Å². The number of hydrogen-bond acceptors (Lipinski definition) is 6. The van der Waals surface area contributed by atoms with Crippen LogP contribution in [0.15, 0.2) is 36.4 Å². The molecule has 2 aromatic carbocycles. The number of ether oxygens (including phenoxy) is 4. The van der Waals surface area contributed by atoms with Gasteiger partial charge in [-0.25, -0.2) is 9.18 Å². The fourth-order valence-corrected chi connectivity index (χ4v) is 2.69. The van der Waals surface area contributed by atoms with Crippen molar-refractivity contribution < 1.29 is 32.9 Å². The van der Waals surface area contributed by atoms with Crippen LogP contribution in [-0.2, 0) is 9.53 Å². The number of carbonyl (C=O) groups excluding carboxylic acids is 2. The summed E-state index contributed by atoms with van der Waals surface area (Å²) in [6, 6.07) is 6.93. The molecule has 0 aliphatic heterocycles. The molecule has 2 rings (SSSR count). The Morgan fingerprint density at radius 2 is 1.53 bits per heavy atom. The molecule has 2 aromatic rings. The summed E-state index contributed by atoms with van der Waals surface area (Å²) in [5.74, 6) is 0.163. The van der Waals surface area contributed by atoms with Gasteiger partial charge in [-0.2, -0.15) is 0 Å². The highest BCUT2D eigenvalue weighted by atomic mass is 19.1. The van der Waals surface area contributed by atoms with Crippen molar-refractivity contribution in [2.45, 2.75) is 26.4 Å². The topological polar surface area (TPSA) is 95.1 Å². The van der Waals surface area contributed by atoms with Gasteiger partial charge in [0.2, 0.25) is 11.7 Å². The molecule has 0 bridgehead atoms. The summed E-state index contributed by atoms with van der Waals surface area (Å²) >= 11 is 0. The van der Waals surface area contributed by atoms with Crippen molar-refractivity contribution in [3.8, 4) is 17.2 Å². The zero-order valence-electron chi connectivity index (χ0n) is 18.9. The molecule has 0 aliphatic carbocycles. The van der Waals surface area contributed by atoms with E-state index in [-0.39, 0.29) is 11.4 Å². The highest BCUT2D eigenvalue weighted by Gasteiger charge is 2.18. The highest BCUT2D eigenvalue weighted by molar-refractivity contribution is 6.05. The van der Waals surface area contributed by atoms with Crippen molar-refractivity contribution >= 4 is 29.5 Å². The Labute approximate surface area is 186 Å². The third-order valence-corrected chi connectivity index (χ3v) is 3.99. The molecule has 0 saturated carbocycles. The second-order valence-corrected chi connectivity index (χ2v) is 7.60. The van der Waals surface area contributed by atoms with Crippen molar-refractivity contribution in [2.24, 2.45) is 0 Å². The average Bonchev–Trinajstić information content (AvgIpc) is 2.71. The summed E-state index contributed by atoms with van der Waals surface area (Å²) in [5, 5.41) is 5.05. The molecule has 0 atom stereocenters. The summed E-state index contributed by atoms with van der Waals surface area (Å²) < 4.78 is 34.8. The molecule has 0 aromatic heterocycles. The van der Waals surface area contributed by atoms with E-state index in [0.29, 0.717) is 22.8 Å². The summed E-state index contributed by atoms with van der Waals surface area (Å²) in [5.41, 5.74) is 0.170. The second kappa shape index (κ2) is 10.5. The van der Waals surface area contributed by atoms with Gasteiger partial charge in [0.15, 0.2) is 11.5 Å². The Morgan fingerprint density at radius 1 is 0.906 bits per heavy atom. The number of halogens is 1. The van der Waals surface area contributed by atoms with E-state index in [1.807, 2.05) is 0 Å². The van der Waals surface area contributed by atoms with Gasteiger partial charge in [-0.3, -0.25) is 10.1 Å². The van der Waals surface area contributed by atoms with Crippen LogP contribution in [-0.4, -0.2) is 38.9 Å². The molecule has 0 unspecified atom stereocenters. The predicted molar refractivity (Wildman–Crippen MR) is 120 cm³/mol. The first kappa shape index (κ1) is 24.5. The van der Waals surface area contributed by atoms with Crippen LogP contribution in [0.4, 0.5) is 20.6 Å². The van der Waals surface area contributed by atoms with Crippen LogP contribution in [0, 0.1) is 5.82 Å². The number of methoxy groups -OCH3 is 3. The molecule has 0 radical (unpaired) electrons. The van der Waals surface area contributed by atoms with Gasteiger partial charge < -0.3 is 24.3 Å². The first-order valence-electron chi connectivity index (χ1n) is 9.65. The fourth-order valence-electron chi connectivity index (χ4n) is 2.69. The SMILES string of the molecule is COc1cc(/C=C/C(=O)Nc2cc(F)ccc2NC(=O)OC(C)(C)C)cc(OC)c1OC. The molecule has 0 aliphatic rings. The lowest BCUT2D eigenvalue weighted by Gasteiger charge is -2.20. The minimum Gasteiger partial charge on any atom is -0.493 e. The van der Waals surface area contributed by atoms with E-state index in [9.17, 15) is 14.0 Å². The molecule has 0 saturated heterocycles. The van der Waals surface area contributed by atoms with Gasteiger partial charge in [0.1, 0.15) is 11.4 Å². The van der Waals surface area contributed by atoms with E-state index in [1.165, 1.54) is 39.5 Å². The Hall–Kier alpha value is -3.75. The van der Waals surface area contributed by atoms with Crippen LogP contribution in [0.2, 0.25) is 0 Å². The van der Waals surface area contributed by atoms with Gasteiger partial charge >= 0.3 is 6.09 Å². The molecular weight excluding hydrogens is 419 g/mol. The molecule has 172 valence electrons. The number of nitrogens with one attached hydrogen (secondary N) is 2. The van der Waals surface area contributed by atoms with E-state index in [1.54, 1.807) is 32.9 Å². The number of benzene rings is 2. The number of rotatable bonds is 7. The predicted octanol–water partition coefficient (Wildman–Crippen LogP) is 4.85. The molecule has 9 heteroatoms. The number of carbonyl (C=O) groups is 2. The number of amides is 2. The van der Waals surface area contributed by atoms with Crippen molar-refractivity contribution in [2.75, 3.05) is 32.0 Å². The summed E-state index contributed by atoms with van der Waals surface area (Å²) in [6.07, 6.45) is 2.05. The maximum absolute atomic E-state index is 13.7. The van der Waals surface area contributed by atoms with Gasteiger partial charge in [-0.05, 0) is 62.7 Å². The molecule has 0 fully saturated rings. The molecule has 0 heterocycles. The van der Waals surface area contributed by atoms with E-state index >= 15 is 0 Å². The zero-order valence-corrected chi connectivity index (χ0v) is 18.9. The van der Waals surface area contributed by atoms with E-state index in [4.69, 9.17) is 18.9 Å². The minimum atomic E-state index is -0.729. The van der Waals surface area contributed by atoms with Crippen LogP contribution < -0.4 is 24.8 Å². The van der Waals surface area contributed by atoms with Crippen LogP contribution in [0.5, 0.6) is 17.2 Å². The van der Waals surface area contributed by atoms with Gasteiger partial charge in [-0.1, -0.05) is 0 Å². The molecule has 8 nitrogen and oxygen atoms in total. The standard InChI is InChI=1S/C23H27FN2O6/c1-23(2,3)32-22(28)26-16-9-8-15(24)13-17(16)25-20(27)10-7-14-11-18(29-4)21(31-6)19(12-14)30-5/h7-13H,1-6H3,(H,25,27)(H,26,28)/b10-7+. The third kappa shape index (κ3) is 6.90. The number of hydrogen-bond donors (Lipinski definition) is 2. The van der Waals surface area contributed by atoms with Crippen LogP contribution >= 0.6 is 0 Å². The van der Waals surface area contributed by atoms with Crippen molar-refractivity contribution in [1.82, 2.24) is 0 Å². The van der Waals surface area contributed by atoms with Crippen LogP contribution in [0.1, 0.15) is 26.3 Å². The molecule has 2 N–H and O–H groups in total. The second-order valence-electron chi connectivity index (χ2n) is 7.60. The Balaban J connectivity index is 2.20. The zero-order chi connectivity index (χ0) is 23.9. The Kier molecular flexibility index (Phi) is 8.06. The summed E-state index contributed by atoms with van der Waals surface area (Å²) in [6.45, 7) is 5.15. The number of anilines is 2. The molecule has 0 spiro atoms. The lowest BCUT2D eigenvalue weighted by Crippen LogP contribution is -2.27. The molecule has 2 amide bonds. The summed E-state index contributed by atoms with van der Waals surface area (Å²) in [4.78, 5) is 24.5. The summed E-state index contributed by atoms with van der Waals surface area (Å²) in [7, 11) is 4.46. The Bertz CT molecular complexity index is 989. The molecular formula is C23H27FN2O6. The van der Waals surface area contributed by atoms with Gasteiger partial charge in [-0.15, -0.1) is 0 Å². The van der Waals surface area contributed by atoms with Gasteiger partial charge in [0.05, 0.1) is 32.7 Å². The maximum atomic E-state index is 13.7. The normalized spacial score (nSPS) is 11.1. The average molecular weight is 446 g/mol. The lowest BCUT2D eigenvalue weighted by atomic mass is 10.1. The smallest absolute Gasteiger partial charge is 0.412 e. The quantitative estimate of drug-likeness (QED) is 0.591. The van der Waals surface area contributed by atoms with Crippen molar-refractivity contribution in [3.05, 3.63) is 47.8 Å². The van der Waals surface area contributed by atoms with Crippen LogP contribution in [0.3, 0.4) is 0 Å². The van der Waals surface area contributed by atoms with Crippen molar-refractivity contribution in [3.63, 3.8) is 0 Å². The van der Waals surface area contributed by atoms with Gasteiger partial charge in [0.25, 0.3) is 0 Å². The third-order valence-electron chi connectivity index (χ3n) is 3.99. The van der Waals surface area contributed by atoms with E-state index in [0.717, 1.165) is 12.1 Å². The highest BCUT2D eigenvalue weighted by Crippen LogP contribution is 2.38. The fraction of sp³-hybridized carbons (Fsp3) is 0.304. The van der Waals surface area contributed by atoms with Crippen LogP contribution in [0.25, 0.3) is 6.08 Å². The lowest BCUT2D eigenvalue weighted by molar-refractivity contribution is -0.111. The van der Waals surface area contributed by atoms with E-state index < -0.39 is 23.4 Å². The Morgan fingerprint density at radius 3 is 2.06 bits per heavy atom. The largest absolute Gasteiger partial charge is 0.493 e.